The zero-order valence-electron chi connectivity index (χ0n) is 14.8. The molecule has 1 atom stereocenters. The maximum absolute atomic E-state index is 11.8. The van der Waals surface area contributed by atoms with Crippen LogP contribution >= 0.6 is 0 Å². The lowest BCUT2D eigenvalue weighted by Gasteiger charge is -2.24. The summed E-state index contributed by atoms with van der Waals surface area (Å²) in [4.78, 5) is 11.8. The Morgan fingerprint density at radius 3 is 2.35 bits per heavy atom. The summed E-state index contributed by atoms with van der Waals surface area (Å²) in [7, 11) is 3.20. The first-order valence-electron chi connectivity index (χ1n) is 7.63. The molecular formula is C17H28N2O4. The van der Waals surface area contributed by atoms with E-state index in [-0.39, 0.29) is 12.3 Å². The van der Waals surface area contributed by atoms with E-state index in [1.54, 1.807) is 14.2 Å². The summed E-state index contributed by atoms with van der Waals surface area (Å²) in [5.74, 6) is 0. The molecule has 0 radical (unpaired) electrons. The molecule has 1 aromatic rings. The highest BCUT2D eigenvalue weighted by atomic mass is 16.7. The first kappa shape index (κ1) is 19.3. The number of carbonyl (C=O) groups is 1. The first-order valence-corrected chi connectivity index (χ1v) is 7.63. The molecule has 0 aliphatic rings. The van der Waals surface area contributed by atoms with Crippen LogP contribution in [-0.2, 0) is 20.8 Å². The van der Waals surface area contributed by atoms with Crippen LogP contribution in [0.2, 0.25) is 0 Å². The highest BCUT2D eigenvalue weighted by Crippen LogP contribution is 2.18. The molecule has 2 N–H and O–H groups in total. The van der Waals surface area contributed by atoms with E-state index >= 15 is 0 Å². The molecule has 1 amide bonds. The number of hydrogen-bond acceptors (Lipinski definition) is 5. The molecule has 1 unspecified atom stereocenters. The number of ether oxygens (including phenoxy) is 3. The number of nitrogens with one attached hydrogen (secondary N) is 2. The summed E-state index contributed by atoms with van der Waals surface area (Å²) >= 11 is 0. The SMILES string of the molecule is COC(OC)C(C)Nc1ccccc1CNC(=O)OC(C)(C)C. The van der Waals surface area contributed by atoms with Gasteiger partial charge in [-0.15, -0.1) is 0 Å². The number of hydrogen-bond donors (Lipinski definition) is 2. The summed E-state index contributed by atoms with van der Waals surface area (Å²) < 4.78 is 15.7. The predicted molar refractivity (Wildman–Crippen MR) is 90.4 cm³/mol. The monoisotopic (exact) mass is 324 g/mol. The van der Waals surface area contributed by atoms with Crippen LogP contribution in [0.25, 0.3) is 0 Å². The van der Waals surface area contributed by atoms with E-state index in [0.717, 1.165) is 11.3 Å². The van der Waals surface area contributed by atoms with E-state index in [2.05, 4.69) is 10.6 Å². The lowest BCUT2D eigenvalue weighted by molar-refractivity contribution is -0.109. The number of methoxy groups -OCH3 is 2. The fraction of sp³-hybridized carbons (Fsp3) is 0.588. The number of alkyl carbamates (subject to hydrolysis) is 1. The normalized spacial score (nSPS) is 12.8. The van der Waals surface area contributed by atoms with Gasteiger partial charge < -0.3 is 24.8 Å². The van der Waals surface area contributed by atoms with Crippen LogP contribution in [0.5, 0.6) is 0 Å². The molecule has 0 bridgehead atoms. The van der Waals surface area contributed by atoms with Crippen molar-refractivity contribution >= 4 is 11.8 Å². The second kappa shape index (κ2) is 8.74. The molecule has 6 nitrogen and oxygen atoms in total. The van der Waals surface area contributed by atoms with Gasteiger partial charge in [0.05, 0.1) is 6.04 Å². The zero-order valence-corrected chi connectivity index (χ0v) is 14.8. The molecule has 6 heteroatoms. The highest BCUT2D eigenvalue weighted by Gasteiger charge is 2.18. The number of carbonyl (C=O) groups excluding carboxylic acids is 1. The van der Waals surface area contributed by atoms with Crippen molar-refractivity contribution < 1.29 is 19.0 Å². The molecule has 1 aromatic carbocycles. The van der Waals surface area contributed by atoms with E-state index in [9.17, 15) is 4.79 Å². The Bertz CT molecular complexity index is 496. The summed E-state index contributed by atoms with van der Waals surface area (Å²) in [5.41, 5.74) is 1.35. The fourth-order valence-electron chi connectivity index (χ4n) is 2.11. The third kappa shape index (κ3) is 6.88. The molecule has 0 heterocycles. The van der Waals surface area contributed by atoms with E-state index in [1.165, 1.54) is 0 Å². The van der Waals surface area contributed by atoms with E-state index < -0.39 is 11.7 Å². The molecule has 0 fully saturated rings. The minimum atomic E-state index is -0.513. The maximum atomic E-state index is 11.8. The predicted octanol–water partition coefficient (Wildman–Crippen LogP) is 3.13. The third-order valence-electron chi connectivity index (χ3n) is 3.10. The molecule has 0 spiro atoms. The van der Waals surface area contributed by atoms with E-state index in [4.69, 9.17) is 14.2 Å². The van der Waals surface area contributed by atoms with Crippen molar-refractivity contribution in [3.63, 3.8) is 0 Å². The molecule has 0 saturated carbocycles. The fourth-order valence-corrected chi connectivity index (χ4v) is 2.11. The largest absolute Gasteiger partial charge is 0.444 e. The van der Waals surface area contributed by atoms with Crippen molar-refractivity contribution in [2.24, 2.45) is 0 Å². The van der Waals surface area contributed by atoms with Crippen molar-refractivity contribution in [1.82, 2.24) is 5.32 Å². The quantitative estimate of drug-likeness (QED) is 0.754. The van der Waals surface area contributed by atoms with Gasteiger partial charge in [-0.05, 0) is 39.3 Å². The Balaban J connectivity index is 2.69. The molecule has 0 aliphatic heterocycles. The zero-order chi connectivity index (χ0) is 17.5. The van der Waals surface area contributed by atoms with Crippen LogP contribution in [0, 0.1) is 0 Å². The van der Waals surface area contributed by atoms with Crippen molar-refractivity contribution in [1.29, 1.82) is 0 Å². The Labute approximate surface area is 138 Å². The summed E-state index contributed by atoms with van der Waals surface area (Å²) in [6.45, 7) is 7.84. The van der Waals surface area contributed by atoms with Gasteiger partial charge in [-0.3, -0.25) is 0 Å². The lowest BCUT2D eigenvalue weighted by Crippen LogP contribution is -2.35. The Morgan fingerprint density at radius 1 is 1.17 bits per heavy atom. The summed E-state index contributed by atoms with van der Waals surface area (Å²) in [6, 6.07) is 7.70. The number of benzene rings is 1. The average molecular weight is 324 g/mol. The van der Waals surface area contributed by atoms with Crippen LogP contribution < -0.4 is 10.6 Å². The highest BCUT2D eigenvalue weighted by molar-refractivity contribution is 5.68. The Hall–Kier alpha value is -1.79. The number of amides is 1. The van der Waals surface area contributed by atoms with Gasteiger partial charge in [0.1, 0.15) is 5.60 Å². The van der Waals surface area contributed by atoms with Gasteiger partial charge in [0.2, 0.25) is 0 Å². The topological polar surface area (TPSA) is 68.8 Å². The van der Waals surface area contributed by atoms with Crippen molar-refractivity contribution in [3.8, 4) is 0 Å². The Kier molecular flexibility index (Phi) is 7.32. The molecular weight excluding hydrogens is 296 g/mol. The molecule has 0 aliphatic carbocycles. The van der Waals surface area contributed by atoms with E-state index in [0.29, 0.717) is 6.54 Å². The second-order valence-electron chi connectivity index (χ2n) is 6.29. The van der Waals surface area contributed by atoms with Gasteiger partial charge in [0.15, 0.2) is 6.29 Å². The van der Waals surface area contributed by atoms with Gasteiger partial charge in [-0.1, -0.05) is 18.2 Å². The van der Waals surface area contributed by atoms with Crippen molar-refractivity contribution in [2.45, 2.75) is 52.2 Å². The molecule has 130 valence electrons. The van der Waals surface area contributed by atoms with Gasteiger partial charge >= 0.3 is 6.09 Å². The van der Waals surface area contributed by atoms with Gasteiger partial charge in [0, 0.05) is 26.5 Å². The molecule has 23 heavy (non-hydrogen) atoms. The van der Waals surface area contributed by atoms with E-state index in [1.807, 2.05) is 52.0 Å². The maximum Gasteiger partial charge on any atom is 0.407 e. The minimum Gasteiger partial charge on any atom is -0.444 e. The van der Waals surface area contributed by atoms with Gasteiger partial charge in [0.25, 0.3) is 0 Å². The van der Waals surface area contributed by atoms with Crippen LogP contribution in [0.15, 0.2) is 24.3 Å². The molecule has 1 rings (SSSR count). The van der Waals surface area contributed by atoms with Gasteiger partial charge in [-0.2, -0.15) is 0 Å². The average Bonchev–Trinajstić information content (AvgIpc) is 2.46. The van der Waals surface area contributed by atoms with Crippen molar-refractivity contribution in [3.05, 3.63) is 29.8 Å². The van der Waals surface area contributed by atoms with Crippen LogP contribution in [0.1, 0.15) is 33.3 Å². The molecule has 0 saturated heterocycles. The molecule has 0 aromatic heterocycles. The summed E-state index contributed by atoms with van der Waals surface area (Å²) in [6.07, 6.45) is -0.797. The number of anilines is 1. The first-order chi connectivity index (χ1) is 10.8. The number of para-hydroxylation sites is 1. The standard InChI is InChI=1S/C17H28N2O4/c1-12(15(21-5)22-6)19-14-10-8-7-9-13(14)11-18-16(20)23-17(2,3)4/h7-10,12,15,19H,11H2,1-6H3,(H,18,20). The van der Waals surface area contributed by atoms with Gasteiger partial charge in [-0.25, -0.2) is 4.79 Å². The number of rotatable bonds is 7. The minimum absolute atomic E-state index is 0.0484. The smallest absolute Gasteiger partial charge is 0.407 e. The third-order valence-corrected chi connectivity index (χ3v) is 3.10. The lowest BCUT2D eigenvalue weighted by atomic mass is 10.1. The van der Waals surface area contributed by atoms with Crippen LogP contribution in [0.4, 0.5) is 10.5 Å². The Morgan fingerprint density at radius 2 is 1.78 bits per heavy atom. The van der Waals surface area contributed by atoms with Crippen LogP contribution in [0.3, 0.4) is 0 Å². The summed E-state index contributed by atoms with van der Waals surface area (Å²) in [5, 5.41) is 6.10. The van der Waals surface area contributed by atoms with Crippen LogP contribution in [-0.4, -0.2) is 38.2 Å². The second-order valence-corrected chi connectivity index (χ2v) is 6.29. The van der Waals surface area contributed by atoms with Crippen molar-refractivity contribution in [2.75, 3.05) is 19.5 Å².